The Hall–Kier alpha value is -3.74. The summed E-state index contributed by atoms with van der Waals surface area (Å²) in [6.07, 6.45) is 2.78. The minimum Gasteiger partial charge on any atom is -0.490 e. The predicted octanol–water partition coefficient (Wildman–Crippen LogP) is 5.68. The van der Waals surface area contributed by atoms with Gasteiger partial charge in [-0.2, -0.15) is 5.26 Å². The second kappa shape index (κ2) is 13.3. The lowest BCUT2D eigenvalue weighted by Gasteiger charge is -2.44. The van der Waals surface area contributed by atoms with Crippen LogP contribution in [0.3, 0.4) is 0 Å². The number of nitriles is 1. The van der Waals surface area contributed by atoms with Crippen LogP contribution >= 0.6 is 11.6 Å². The van der Waals surface area contributed by atoms with E-state index in [1.165, 1.54) is 10.4 Å². The number of hydrogen-bond donors (Lipinski definition) is 0. The van der Waals surface area contributed by atoms with Crippen LogP contribution in [-0.4, -0.2) is 56.7 Å². The molecule has 1 aromatic heterocycles. The average Bonchev–Trinajstić information content (AvgIpc) is 3.36. The van der Waals surface area contributed by atoms with Crippen molar-refractivity contribution in [2.24, 2.45) is 0 Å². The molecule has 5 rings (SSSR count). The molecule has 3 aromatic carbocycles. The fourth-order valence-electron chi connectivity index (χ4n) is 5.87. The van der Waals surface area contributed by atoms with Crippen LogP contribution in [0.4, 0.5) is 0 Å². The highest BCUT2D eigenvalue weighted by Gasteiger charge is 2.51. The summed E-state index contributed by atoms with van der Waals surface area (Å²) in [5.41, 5.74) is 0.407. The molecule has 0 bridgehead atoms. The Balaban J connectivity index is 1.25. The highest BCUT2D eigenvalue weighted by atomic mass is 35.5. The van der Waals surface area contributed by atoms with Crippen molar-refractivity contribution in [3.8, 4) is 11.8 Å². The summed E-state index contributed by atoms with van der Waals surface area (Å²) in [5.74, 6) is 0.475. The molecular formula is C34H36ClN3O4Si. The number of halogens is 1. The molecule has 1 amide bonds. The summed E-state index contributed by atoms with van der Waals surface area (Å²) in [4.78, 5) is 18.8. The molecule has 222 valence electrons. The van der Waals surface area contributed by atoms with E-state index in [1.54, 1.807) is 29.3 Å². The second-order valence-corrected chi connectivity index (χ2v) is 16.4. The van der Waals surface area contributed by atoms with E-state index >= 15 is 0 Å². The zero-order valence-electron chi connectivity index (χ0n) is 24.8. The Morgan fingerprint density at radius 1 is 1.02 bits per heavy atom. The maximum absolute atomic E-state index is 12.9. The SMILES string of the molecule is CC(C)(C)[Si](OCC1CCC(=O)N1COCCOc1cc2c(Cl)nccc2cc1C#N)(c1ccccc1)c1ccccc1. The number of ether oxygens (including phenoxy) is 2. The molecule has 0 spiro atoms. The summed E-state index contributed by atoms with van der Waals surface area (Å²) < 4.78 is 18.9. The van der Waals surface area contributed by atoms with E-state index in [0.717, 1.165) is 5.39 Å². The fraction of sp³-hybridized carbons (Fsp3) is 0.324. The zero-order valence-corrected chi connectivity index (χ0v) is 26.5. The quantitative estimate of drug-likeness (QED) is 0.123. The molecule has 1 fully saturated rings. The molecule has 7 nitrogen and oxygen atoms in total. The third-order valence-electron chi connectivity index (χ3n) is 8.01. The van der Waals surface area contributed by atoms with Crippen LogP contribution in [0, 0.1) is 11.3 Å². The molecule has 9 heteroatoms. The highest BCUT2D eigenvalue weighted by molar-refractivity contribution is 6.99. The summed E-state index contributed by atoms with van der Waals surface area (Å²) in [6, 6.07) is 28.4. The first-order chi connectivity index (χ1) is 20.7. The molecular weight excluding hydrogens is 578 g/mol. The monoisotopic (exact) mass is 613 g/mol. The first-order valence-electron chi connectivity index (χ1n) is 14.5. The number of rotatable bonds is 11. The van der Waals surface area contributed by atoms with E-state index in [2.05, 4.69) is 80.4 Å². The molecule has 1 atom stereocenters. The number of likely N-dealkylation sites (tertiary alicyclic amines) is 1. The Labute approximate surface area is 259 Å². The van der Waals surface area contributed by atoms with Gasteiger partial charge in [-0.25, -0.2) is 4.98 Å². The topological polar surface area (TPSA) is 84.7 Å². The van der Waals surface area contributed by atoms with Crippen LogP contribution in [-0.2, 0) is 14.0 Å². The minimum atomic E-state index is -2.72. The van der Waals surface area contributed by atoms with Gasteiger partial charge in [0.1, 0.15) is 30.3 Å². The third kappa shape index (κ3) is 6.46. The molecule has 4 aromatic rings. The van der Waals surface area contributed by atoms with E-state index in [1.807, 2.05) is 12.1 Å². The van der Waals surface area contributed by atoms with E-state index < -0.39 is 8.32 Å². The normalized spacial score (nSPS) is 15.6. The van der Waals surface area contributed by atoms with Crippen LogP contribution in [0.25, 0.3) is 10.8 Å². The van der Waals surface area contributed by atoms with Crippen molar-refractivity contribution < 1.29 is 18.7 Å². The van der Waals surface area contributed by atoms with Crippen LogP contribution in [0.1, 0.15) is 39.2 Å². The number of aromatic nitrogens is 1. The smallest absolute Gasteiger partial charge is 0.261 e. The zero-order chi connectivity index (χ0) is 30.5. The minimum absolute atomic E-state index is 0.0559. The van der Waals surface area contributed by atoms with Crippen molar-refractivity contribution >= 4 is 47.0 Å². The first kappa shape index (κ1) is 30.7. The number of amides is 1. The van der Waals surface area contributed by atoms with Crippen molar-refractivity contribution in [2.75, 3.05) is 26.6 Å². The van der Waals surface area contributed by atoms with Crippen molar-refractivity contribution in [2.45, 2.75) is 44.7 Å². The lowest BCUT2D eigenvalue weighted by atomic mass is 10.1. The predicted molar refractivity (Wildman–Crippen MR) is 171 cm³/mol. The first-order valence-corrected chi connectivity index (χ1v) is 16.8. The summed E-state index contributed by atoms with van der Waals surface area (Å²) in [7, 11) is -2.72. The van der Waals surface area contributed by atoms with Gasteiger partial charge in [0.25, 0.3) is 8.32 Å². The Bertz CT molecular complexity index is 1570. The van der Waals surface area contributed by atoms with E-state index in [4.69, 9.17) is 25.5 Å². The van der Waals surface area contributed by atoms with Crippen molar-refractivity contribution in [1.82, 2.24) is 9.88 Å². The van der Waals surface area contributed by atoms with Crippen molar-refractivity contribution in [1.29, 1.82) is 5.26 Å². The van der Waals surface area contributed by atoms with Gasteiger partial charge in [0.2, 0.25) is 5.91 Å². The third-order valence-corrected chi connectivity index (χ3v) is 13.3. The average molecular weight is 614 g/mol. The van der Waals surface area contributed by atoms with Gasteiger partial charge < -0.3 is 18.8 Å². The van der Waals surface area contributed by atoms with Crippen molar-refractivity contribution in [3.05, 3.63) is 95.8 Å². The largest absolute Gasteiger partial charge is 0.490 e. The number of hydrogen-bond acceptors (Lipinski definition) is 6. The number of fused-ring (bicyclic) bond motifs is 1. The summed E-state index contributed by atoms with van der Waals surface area (Å²) in [5, 5.41) is 13.7. The van der Waals surface area contributed by atoms with E-state index in [0.29, 0.717) is 41.3 Å². The van der Waals surface area contributed by atoms with Gasteiger partial charge in [0, 0.05) is 18.0 Å². The van der Waals surface area contributed by atoms with Gasteiger partial charge >= 0.3 is 0 Å². The number of nitrogens with zero attached hydrogens (tertiary/aromatic N) is 3. The van der Waals surface area contributed by atoms with Gasteiger partial charge in [0.15, 0.2) is 0 Å². The molecule has 0 aliphatic carbocycles. The van der Waals surface area contributed by atoms with E-state index in [-0.39, 0.29) is 36.9 Å². The van der Waals surface area contributed by atoms with Crippen LogP contribution in [0.5, 0.6) is 5.75 Å². The lowest BCUT2D eigenvalue weighted by Crippen LogP contribution is -2.67. The Morgan fingerprint density at radius 3 is 2.33 bits per heavy atom. The summed E-state index contributed by atoms with van der Waals surface area (Å²) in [6.45, 7) is 7.78. The highest BCUT2D eigenvalue weighted by Crippen LogP contribution is 2.37. The molecule has 0 saturated carbocycles. The number of carbonyl (C=O) groups excluding carboxylic acids is 1. The van der Waals surface area contributed by atoms with Gasteiger partial charge in [-0.3, -0.25) is 4.79 Å². The molecule has 0 radical (unpaired) electrons. The van der Waals surface area contributed by atoms with Gasteiger partial charge in [-0.05, 0) is 45.4 Å². The van der Waals surface area contributed by atoms with Crippen molar-refractivity contribution in [3.63, 3.8) is 0 Å². The van der Waals surface area contributed by atoms with Gasteiger partial charge in [0.05, 0.1) is 24.8 Å². The van der Waals surface area contributed by atoms with Gasteiger partial charge in [-0.15, -0.1) is 0 Å². The van der Waals surface area contributed by atoms with Crippen LogP contribution < -0.4 is 15.1 Å². The molecule has 1 aliphatic heterocycles. The molecule has 2 heterocycles. The molecule has 1 saturated heterocycles. The van der Waals surface area contributed by atoms with E-state index in [9.17, 15) is 10.1 Å². The number of pyridine rings is 1. The fourth-order valence-corrected chi connectivity index (χ4v) is 10.7. The lowest BCUT2D eigenvalue weighted by molar-refractivity contribution is -0.135. The number of benzene rings is 3. The standard InChI is InChI=1S/C34H36ClN3O4Si/c1-34(2,3)43(28-10-6-4-7-11-28,29-12-8-5-9-13-29)42-23-27-14-15-32(39)38(27)24-40-18-19-41-31-21-30-25(20-26(31)22-36)16-17-37-33(30)35/h4-13,16-17,20-21,27H,14-15,18-19,23-24H2,1-3H3. The van der Waals surface area contributed by atoms with Gasteiger partial charge in [-0.1, -0.05) is 93.0 Å². The number of carbonyl (C=O) groups is 1. The van der Waals surface area contributed by atoms with Crippen LogP contribution in [0.15, 0.2) is 85.1 Å². The molecule has 0 N–H and O–H groups in total. The maximum atomic E-state index is 12.9. The van der Waals surface area contributed by atoms with Crippen LogP contribution in [0.2, 0.25) is 10.2 Å². The summed E-state index contributed by atoms with van der Waals surface area (Å²) >= 11 is 6.24. The Kier molecular flexibility index (Phi) is 9.48. The molecule has 43 heavy (non-hydrogen) atoms. The Morgan fingerprint density at radius 2 is 1.70 bits per heavy atom. The molecule has 1 aliphatic rings. The second-order valence-electron chi connectivity index (χ2n) is 11.7. The maximum Gasteiger partial charge on any atom is 0.261 e. The molecule has 1 unspecified atom stereocenters.